The Morgan fingerprint density at radius 1 is 1.21 bits per heavy atom. The average molecular weight is 390 g/mol. The molecule has 9 heteroatoms. The van der Waals surface area contributed by atoms with Crippen molar-refractivity contribution in [3.05, 3.63) is 41.2 Å². The second-order valence-corrected chi connectivity index (χ2v) is 6.91. The molecule has 1 saturated carbocycles. The summed E-state index contributed by atoms with van der Waals surface area (Å²) in [6, 6.07) is 2.03. The van der Waals surface area contributed by atoms with E-state index in [1.165, 1.54) is 12.3 Å². The number of amides is 1. The van der Waals surface area contributed by atoms with Gasteiger partial charge >= 0.3 is 0 Å². The van der Waals surface area contributed by atoms with Crippen LogP contribution >= 0.6 is 0 Å². The summed E-state index contributed by atoms with van der Waals surface area (Å²) in [5, 5.41) is 5.84. The minimum absolute atomic E-state index is 0.0197. The molecular weight excluding hydrogens is 366 g/mol. The fourth-order valence-corrected chi connectivity index (χ4v) is 3.32. The smallest absolute Gasteiger partial charge is 0.252 e. The van der Waals surface area contributed by atoms with Gasteiger partial charge in [0.1, 0.15) is 11.6 Å². The number of primary amides is 1. The Hall–Kier alpha value is -2.81. The van der Waals surface area contributed by atoms with E-state index < -0.39 is 17.5 Å². The van der Waals surface area contributed by atoms with Gasteiger partial charge in [-0.3, -0.25) is 9.78 Å². The predicted octanol–water partition coefficient (Wildman–Crippen LogP) is 2.84. The summed E-state index contributed by atoms with van der Waals surface area (Å²) in [7, 11) is 0. The van der Waals surface area contributed by atoms with Crippen molar-refractivity contribution >= 4 is 23.2 Å². The highest BCUT2D eigenvalue weighted by Crippen LogP contribution is 2.27. The van der Waals surface area contributed by atoms with Crippen molar-refractivity contribution < 1.29 is 13.6 Å². The lowest BCUT2D eigenvalue weighted by molar-refractivity contribution is 0.100. The highest BCUT2D eigenvalue weighted by Gasteiger charge is 2.24. The summed E-state index contributed by atoms with van der Waals surface area (Å²) in [5.74, 6) is -2.06. The highest BCUT2D eigenvalue weighted by atomic mass is 19.1. The number of nitrogens with zero attached hydrogens (tertiary/aromatic N) is 2. The van der Waals surface area contributed by atoms with Gasteiger partial charge in [-0.05, 0) is 25.3 Å². The van der Waals surface area contributed by atoms with E-state index in [9.17, 15) is 13.6 Å². The van der Waals surface area contributed by atoms with E-state index in [1.54, 1.807) is 6.92 Å². The molecule has 28 heavy (non-hydrogen) atoms. The molecule has 1 aliphatic rings. The van der Waals surface area contributed by atoms with Crippen LogP contribution in [0, 0.1) is 11.6 Å². The minimum atomic E-state index is -0.853. The van der Waals surface area contributed by atoms with Crippen LogP contribution in [0.2, 0.25) is 0 Å². The zero-order valence-corrected chi connectivity index (χ0v) is 15.6. The molecule has 0 bridgehead atoms. The fraction of sp³-hybridized carbons (Fsp3) is 0.421. The molecule has 150 valence electrons. The quantitative estimate of drug-likeness (QED) is 0.602. The number of anilines is 3. The average Bonchev–Trinajstić information content (AvgIpc) is 2.66. The Morgan fingerprint density at radius 2 is 1.96 bits per heavy atom. The number of aromatic nitrogens is 2. The SMILES string of the molecule is CCc1ncc(Nc2nc(N[C@@H]3CCCCC3N)c(F)cc2C(N)=O)cc1F. The Labute approximate surface area is 161 Å². The van der Waals surface area contributed by atoms with Crippen LogP contribution in [-0.4, -0.2) is 28.0 Å². The Balaban J connectivity index is 1.92. The van der Waals surface area contributed by atoms with Gasteiger partial charge in [-0.25, -0.2) is 13.8 Å². The molecule has 3 rings (SSSR count). The van der Waals surface area contributed by atoms with E-state index in [0.29, 0.717) is 12.1 Å². The number of carbonyl (C=O) groups excluding carboxylic acids is 1. The van der Waals surface area contributed by atoms with Crippen LogP contribution in [0.25, 0.3) is 0 Å². The molecule has 7 nitrogen and oxygen atoms in total. The third-order valence-electron chi connectivity index (χ3n) is 4.90. The van der Waals surface area contributed by atoms with E-state index in [0.717, 1.165) is 31.7 Å². The molecule has 2 heterocycles. The number of aryl methyl sites for hydroxylation is 1. The van der Waals surface area contributed by atoms with Crippen LogP contribution in [0.3, 0.4) is 0 Å². The lowest BCUT2D eigenvalue weighted by Gasteiger charge is -2.30. The van der Waals surface area contributed by atoms with Gasteiger partial charge in [0.05, 0.1) is 23.1 Å². The van der Waals surface area contributed by atoms with Crippen molar-refractivity contribution in [3.63, 3.8) is 0 Å². The summed E-state index contributed by atoms with van der Waals surface area (Å²) in [6.07, 6.45) is 5.54. The lowest BCUT2D eigenvalue weighted by Crippen LogP contribution is -2.43. The van der Waals surface area contributed by atoms with E-state index in [-0.39, 0.29) is 35.0 Å². The zero-order chi connectivity index (χ0) is 20.3. The second kappa shape index (κ2) is 8.47. The molecule has 1 aliphatic carbocycles. The van der Waals surface area contributed by atoms with E-state index >= 15 is 0 Å². The van der Waals surface area contributed by atoms with Crippen molar-refractivity contribution in [3.8, 4) is 0 Å². The summed E-state index contributed by atoms with van der Waals surface area (Å²) >= 11 is 0. The molecule has 6 N–H and O–H groups in total. The van der Waals surface area contributed by atoms with Gasteiger partial charge in [-0.15, -0.1) is 0 Å². The van der Waals surface area contributed by atoms with Crippen LogP contribution in [0.5, 0.6) is 0 Å². The van der Waals surface area contributed by atoms with Crippen LogP contribution in [0.4, 0.5) is 26.1 Å². The van der Waals surface area contributed by atoms with Gasteiger partial charge in [0.2, 0.25) is 0 Å². The number of carbonyl (C=O) groups is 1. The first-order valence-corrected chi connectivity index (χ1v) is 9.33. The molecule has 1 fully saturated rings. The maximum absolute atomic E-state index is 14.5. The molecule has 0 saturated heterocycles. The normalized spacial score (nSPS) is 19.3. The second-order valence-electron chi connectivity index (χ2n) is 6.91. The first-order chi connectivity index (χ1) is 13.4. The largest absolute Gasteiger partial charge is 0.365 e. The standard InChI is InChI=1S/C19H24F2N6O/c1-2-15-12(20)7-10(9-24-15)25-18-11(17(23)28)8-13(21)19(27-18)26-16-6-4-3-5-14(16)22/h7-9,14,16H,2-6,22H2,1H3,(H2,23,28)(H2,25,26,27)/t14?,16-/m1/s1. The number of nitrogens with two attached hydrogens (primary N) is 2. The molecule has 2 aromatic heterocycles. The first-order valence-electron chi connectivity index (χ1n) is 9.33. The molecule has 1 unspecified atom stereocenters. The van der Waals surface area contributed by atoms with Gasteiger partial charge < -0.3 is 22.1 Å². The van der Waals surface area contributed by atoms with Crippen LogP contribution < -0.4 is 22.1 Å². The fourth-order valence-electron chi connectivity index (χ4n) is 3.32. The summed E-state index contributed by atoms with van der Waals surface area (Å²) in [6.45, 7) is 1.79. The van der Waals surface area contributed by atoms with Gasteiger partial charge in [-0.2, -0.15) is 0 Å². The topological polar surface area (TPSA) is 119 Å². The molecule has 2 aromatic rings. The van der Waals surface area contributed by atoms with Crippen molar-refractivity contribution in [2.45, 2.75) is 51.1 Å². The Morgan fingerprint density at radius 3 is 2.61 bits per heavy atom. The van der Waals surface area contributed by atoms with Gasteiger partial charge in [0, 0.05) is 18.2 Å². The van der Waals surface area contributed by atoms with Crippen LogP contribution in [-0.2, 0) is 6.42 Å². The maximum Gasteiger partial charge on any atom is 0.252 e. The third-order valence-corrected chi connectivity index (χ3v) is 4.90. The predicted molar refractivity (Wildman–Crippen MR) is 103 cm³/mol. The molecular formula is C19H24F2N6O. The van der Waals surface area contributed by atoms with E-state index in [1.807, 2.05) is 0 Å². The third kappa shape index (κ3) is 4.36. The van der Waals surface area contributed by atoms with Gasteiger partial charge in [-0.1, -0.05) is 19.8 Å². The number of nitrogens with one attached hydrogen (secondary N) is 2. The van der Waals surface area contributed by atoms with Crippen molar-refractivity contribution in [1.82, 2.24) is 9.97 Å². The van der Waals surface area contributed by atoms with E-state index in [4.69, 9.17) is 11.5 Å². The number of rotatable bonds is 6. The van der Waals surface area contributed by atoms with Gasteiger partial charge in [0.25, 0.3) is 5.91 Å². The number of pyridine rings is 2. The van der Waals surface area contributed by atoms with Crippen molar-refractivity contribution in [2.24, 2.45) is 11.5 Å². The molecule has 0 radical (unpaired) electrons. The maximum atomic E-state index is 14.5. The Bertz CT molecular complexity index is 876. The number of halogens is 2. The first kappa shape index (κ1) is 19.9. The summed E-state index contributed by atoms with van der Waals surface area (Å²) in [5.41, 5.74) is 11.9. The number of hydrogen-bond acceptors (Lipinski definition) is 6. The molecule has 0 aliphatic heterocycles. The summed E-state index contributed by atoms with van der Waals surface area (Å²) < 4.78 is 28.5. The zero-order valence-electron chi connectivity index (χ0n) is 15.6. The van der Waals surface area contributed by atoms with E-state index in [2.05, 4.69) is 20.6 Å². The molecule has 2 atom stereocenters. The van der Waals surface area contributed by atoms with Crippen LogP contribution in [0.15, 0.2) is 18.3 Å². The van der Waals surface area contributed by atoms with Gasteiger partial charge in [0.15, 0.2) is 11.6 Å². The highest BCUT2D eigenvalue weighted by molar-refractivity contribution is 5.98. The minimum Gasteiger partial charge on any atom is -0.365 e. The molecule has 0 spiro atoms. The van der Waals surface area contributed by atoms with Crippen molar-refractivity contribution in [1.29, 1.82) is 0 Å². The lowest BCUT2D eigenvalue weighted by atomic mass is 9.91. The Kier molecular flexibility index (Phi) is 6.03. The molecule has 1 amide bonds. The molecule has 0 aromatic carbocycles. The summed E-state index contributed by atoms with van der Waals surface area (Å²) in [4.78, 5) is 19.9. The van der Waals surface area contributed by atoms with Crippen LogP contribution in [0.1, 0.15) is 48.7 Å². The monoisotopic (exact) mass is 390 g/mol. The van der Waals surface area contributed by atoms with Crippen molar-refractivity contribution in [2.75, 3.05) is 10.6 Å². The number of hydrogen-bond donors (Lipinski definition) is 4.